The van der Waals surface area contributed by atoms with Gasteiger partial charge in [-0.25, -0.2) is 0 Å². The molecular weight excluding hydrogens is 268 g/mol. The van der Waals surface area contributed by atoms with E-state index >= 15 is 0 Å². The lowest BCUT2D eigenvalue weighted by Gasteiger charge is -2.41. The van der Waals surface area contributed by atoms with E-state index in [4.69, 9.17) is 14.0 Å². The second-order valence-corrected chi connectivity index (χ2v) is 7.95. The average molecular weight is 292 g/mol. The molecule has 0 amide bonds. The van der Waals surface area contributed by atoms with Crippen molar-refractivity contribution in [3.63, 3.8) is 0 Å². The third-order valence-corrected chi connectivity index (χ3v) is 7.31. The molecular formula is C12H24O6Si. The Bertz CT molecular complexity index is 313. The largest absolute Gasteiger partial charge is 0.481 e. The second-order valence-electron chi connectivity index (χ2n) is 4.52. The third kappa shape index (κ3) is 4.02. The Hall–Kier alpha value is -0.923. The predicted octanol–water partition coefficient (Wildman–Crippen LogP) is 2.23. The summed E-state index contributed by atoms with van der Waals surface area (Å²) in [6, 6.07) is 0. The van der Waals surface area contributed by atoms with Gasteiger partial charge in [-0.15, -0.1) is 0 Å². The molecule has 0 fully saturated rings. The van der Waals surface area contributed by atoms with Crippen molar-refractivity contribution in [3.8, 4) is 0 Å². The first-order chi connectivity index (χ1) is 8.79. The number of hydrogen-bond acceptors (Lipinski definition) is 4. The molecule has 0 spiro atoms. The Morgan fingerprint density at radius 2 is 1.58 bits per heavy atom. The van der Waals surface area contributed by atoms with Crippen molar-refractivity contribution >= 4 is 20.5 Å². The minimum absolute atomic E-state index is 0.233. The molecule has 0 saturated heterocycles. The highest BCUT2D eigenvalue weighted by molar-refractivity contribution is 6.73. The number of hydrogen-bond donors (Lipinski definition) is 2. The van der Waals surface area contributed by atoms with Gasteiger partial charge in [0.05, 0.1) is 6.42 Å². The average Bonchev–Trinajstić information content (AvgIpc) is 2.27. The zero-order valence-electron chi connectivity index (χ0n) is 12.1. The van der Waals surface area contributed by atoms with Crippen LogP contribution in [-0.4, -0.2) is 43.9 Å². The Labute approximate surface area is 115 Å². The molecule has 19 heavy (non-hydrogen) atoms. The lowest BCUT2D eigenvalue weighted by Crippen LogP contribution is -2.56. The summed E-state index contributed by atoms with van der Waals surface area (Å²) < 4.78 is 11.2. The smallest absolute Gasteiger partial charge is 0.353 e. The molecule has 0 aromatic rings. The molecule has 0 aliphatic carbocycles. The fourth-order valence-corrected chi connectivity index (χ4v) is 5.71. The van der Waals surface area contributed by atoms with Crippen LogP contribution in [0.15, 0.2) is 0 Å². The maximum atomic E-state index is 11.8. The molecule has 1 unspecified atom stereocenters. The van der Waals surface area contributed by atoms with Gasteiger partial charge in [0, 0.05) is 13.2 Å². The van der Waals surface area contributed by atoms with Gasteiger partial charge >= 0.3 is 20.5 Å². The molecule has 0 bridgehead atoms. The van der Waals surface area contributed by atoms with E-state index in [2.05, 4.69) is 0 Å². The first-order valence-corrected chi connectivity index (χ1v) is 8.84. The highest BCUT2D eigenvalue weighted by Crippen LogP contribution is 2.47. The first kappa shape index (κ1) is 18.1. The summed E-state index contributed by atoms with van der Waals surface area (Å²) >= 11 is 0. The van der Waals surface area contributed by atoms with E-state index in [0.29, 0.717) is 19.6 Å². The molecule has 0 aromatic carbocycles. The van der Waals surface area contributed by atoms with Crippen molar-refractivity contribution < 1.29 is 28.7 Å². The summed E-state index contributed by atoms with van der Waals surface area (Å²) in [7, 11) is -3.16. The van der Waals surface area contributed by atoms with Gasteiger partial charge in [0.25, 0.3) is 0 Å². The Balaban J connectivity index is 5.71. The summed E-state index contributed by atoms with van der Waals surface area (Å²) in [6.07, 6.45) is 0.318. The van der Waals surface area contributed by atoms with Crippen LogP contribution in [0.4, 0.5) is 0 Å². The zero-order chi connectivity index (χ0) is 15.1. The highest BCUT2D eigenvalue weighted by atomic mass is 28.4. The number of rotatable bonds is 10. The van der Waals surface area contributed by atoms with Crippen molar-refractivity contribution in [1.82, 2.24) is 0 Å². The summed E-state index contributed by atoms with van der Waals surface area (Å²) in [5.41, 5.74) is 0. The molecule has 7 heteroatoms. The first-order valence-electron chi connectivity index (χ1n) is 6.52. The van der Waals surface area contributed by atoms with Crippen molar-refractivity contribution in [3.05, 3.63) is 0 Å². The predicted molar refractivity (Wildman–Crippen MR) is 72.4 cm³/mol. The quantitative estimate of drug-likeness (QED) is 0.600. The molecule has 0 radical (unpaired) electrons. The van der Waals surface area contributed by atoms with Crippen molar-refractivity contribution in [2.75, 3.05) is 13.2 Å². The molecule has 6 nitrogen and oxygen atoms in total. The van der Waals surface area contributed by atoms with Crippen LogP contribution in [-0.2, 0) is 18.4 Å². The van der Waals surface area contributed by atoms with E-state index in [1.165, 1.54) is 0 Å². The van der Waals surface area contributed by atoms with Gasteiger partial charge < -0.3 is 19.1 Å². The van der Waals surface area contributed by atoms with Gasteiger partial charge in [0.2, 0.25) is 0 Å². The molecule has 1 atom stereocenters. The topological polar surface area (TPSA) is 93.1 Å². The number of carbonyl (C=O) groups is 2. The Morgan fingerprint density at radius 3 is 1.84 bits per heavy atom. The van der Waals surface area contributed by atoms with Crippen LogP contribution in [0.25, 0.3) is 0 Å². The highest BCUT2D eigenvalue weighted by Gasteiger charge is 2.60. The van der Waals surface area contributed by atoms with Crippen LogP contribution >= 0.6 is 0 Å². The number of carboxylic acids is 2. The lowest BCUT2D eigenvalue weighted by atomic mass is 9.98. The SMILES string of the molecule is CCCC(CC(=O)O)(C(=O)O)[Si](C)(OCC)OCC. The number of aliphatic carboxylic acids is 2. The van der Waals surface area contributed by atoms with E-state index in [1.54, 1.807) is 20.4 Å². The van der Waals surface area contributed by atoms with Gasteiger partial charge in [-0.2, -0.15) is 0 Å². The van der Waals surface area contributed by atoms with Gasteiger partial charge in [-0.3, -0.25) is 9.59 Å². The van der Waals surface area contributed by atoms with E-state index in [-0.39, 0.29) is 6.42 Å². The van der Waals surface area contributed by atoms with Crippen LogP contribution in [0, 0.1) is 0 Å². The molecule has 0 aromatic heterocycles. The van der Waals surface area contributed by atoms with E-state index in [1.807, 2.05) is 6.92 Å². The van der Waals surface area contributed by atoms with Gasteiger partial charge in [0.1, 0.15) is 5.04 Å². The minimum atomic E-state index is -3.16. The lowest BCUT2D eigenvalue weighted by molar-refractivity contribution is -0.149. The van der Waals surface area contributed by atoms with Crippen LogP contribution in [0.1, 0.15) is 40.0 Å². The Morgan fingerprint density at radius 1 is 1.11 bits per heavy atom. The molecule has 0 aliphatic heterocycles. The summed E-state index contributed by atoms with van der Waals surface area (Å²) in [5, 5.41) is 17.2. The van der Waals surface area contributed by atoms with E-state index in [9.17, 15) is 14.7 Å². The van der Waals surface area contributed by atoms with Gasteiger partial charge in [0.15, 0.2) is 0 Å². The zero-order valence-corrected chi connectivity index (χ0v) is 13.1. The normalized spacial score (nSPS) is 14.9. The van der Waals surface area contributed by atoms with Crippen LogP contribution in [0.3, 0.4) is 0 Å². The molecule has 0 saturated carbocycles. The van der Waals surface area contributed by atoms with Crippen LogP contribution < -0.4 is 0 Å². The maximum absolute atomic E-state index is 11.8. The van der Waals surface area contributed by atoms with Crippen molar-refractivity contribution in [1.29, 1.82) is 0 Å². The molecule has 0 heterocycles. The molecule has 2 N–H and O–H groups in total. The van der Waals surface area contributed by atoms with Gasteiger partial charge in [-0.1, -0.05) is 13.3 Å². The van der Waals surface area contributed by atoms with E-state index in [0.717, 1.165) is 0 Å². The fourth-order valence-electron chi connectivity index (χ4n) is 2.41. The van der Waals surface area contributed by atoms with Crippen LogP contribution in [0.5, 0.6) is 0 Å². The number of carboxylic acid groups (broad SMARTS) is 2. The molecule has 112 valence electrons. The summed E-state index contributed by atoms with van der Waals surface area (Å²) in [4.78, 5) is 22.9. The van der Waals surface area contributed by atoms with E-state index < -0.39 is 32.0 Å². The van der Waals surface area contributed by atoms with Crippen LogP contribution in [0.2, 0.25) is 11.6 Å². The Kier molecular flexibility index (Phi) is 7.24. The fraction of sp³-hybridized carbons (Fsp3) is 0.833. The van der Waals surface area contributed by atoms with Gasteiger partial charge in [-0.05, 0) is 26.8 Å². The standard InChI is InChI=1S/C12H24O6Si/c1-5-8-12(11(15)16,9-10(13)14)19(4,17-6-2)18-7-3/h5-9H2,1-4H3,(H,13,14)(H,15,16). The van der Waals surface area contributed by atoms with Crippen molar-refractivity contribution in [2.24, 2.45) is 0 Å². The molecule has 0 aliphatic rings. The summed E-state index contributed by atoms with van der Waals surface area (Å²) in [6.45, 7) is 7.59. The third-order valence-electron chi connectivity index (χ3n) is 3.25. The monoisotopic (exact) mass is 292 g/mol. The van der Waals surface area contributed by atoms with Crippen molar-refractivity contribution in [2.45, 2.75) is 51.6 Å². The second kappa shape index (κ2) is 7.61. The minimum Gasteiger partial charge on any atom is -0.481 e. The summed E-state index contributed by atoms with van der Waals surface area (Å²) in [5.74, 6) is -2.29. The maximum Gasteiger partial charge on any atom is 0.353 e. The molecule has 0 rings (SSSR count).